The average Bonchev–Trinajstić information content (AvgIpc) is 3.02. The van der Waals surface area contributed by atoms with Gasteiger partial charge in [-0.2, -0.15) is 0 Å². The van der Waals surface area contributed by atoms with Gasteiger partial charge in [0.2, 0.25) is 0 Å². The number of aryl methyl sites for hydroxylation is 1. The van der Waals surface area contributed by atoms with Gasteiger partial charge in [0.1, 0.15) is 0 Å². The summed E-state index contributed by atoms with van der Waals surface area (Å²) < 4.78 is 6.27. The Labute approximate surface area is 171 Å². The number of esters is 1. The molecule has 154 valence electrons. The van der Waals surface area contributed by atoms with Gasteiger partial charge < -0.3 is 4.74 Å². The number of aromatic nitrogens is 2. The Morgan fingerprint density at radius 3 is 2.37 bits per heavy atom. The fourth-order valence-electron chi connectivity index (χ4n) is 3.01. The first-order valence-corrected chi connectivity index (χ1v) is 9.21. The second-order valence-corrected chi connectivity index (χ2v) is 6.49. The lowest BCUT2D eigenvalue weighted by Gasteiger charge is -2.03. The number of nitro groups is 1. The Hall–Kier alpha value is -4.01. The lowest BCUT2D eigenvalue weighted by atomic mass is 10.1. The summed E-state index contributed by atoms with van der Waals surface area (Å²) >= 11 is 0. The SMILES string of the molecule is CCOC(=O)c1ccc(N=C(C)c2c(C)[nH]n(-c3ccc([N+](=O)[O-])cc3)c2=O)cc1. The molecule has 9 nitrogen and oxygen atoms in total. The van der Waals surface area contributed by atoms with E-state index in [4.69, 9.17) is 4.74 Å². The highest BCUT2D eigenvalue weighted by Crippen LogP contribution is 2.18. The third kappa shape index (κ3) is 4.19. The molecule has 0 fully saturated rings. The number of hydrogen-bond donors (Lipinski definition) is 1. The van der Waals surface area contributed by atoms with Crippen LogP contribution < -0.4 is 5.56 Å². The molecule has 30 heavy (non-hydrogen) atoms. The maximum absolute atomic E-state index is 12.9. The third-order valence-electron chi connectivity index (χ3n) is 4.43. The van der Waals surface area contributed by atoms with Crippen LogP contribution in [0.4, 0.5) is 11.4 Å². The van der Waals surface area contributed by atoms with Crippen molar-refractivity contribution in [3.63, 3.8) is 0 Å². The molecule has 1 aromatic heterocycles. The molecule has 0 atom stereocenters. The zero-order valence-corrected chi connectivity index (χ0v) is 16.7. The number of H-pyrrole nitrogens is 1. The van der Waals surface area contributed by atoms with Crippen molar-refractivity contribution in [2.45, 2.75) is 20.8 Å². The molecule has 0 saturated carbocycles. The molecular formula is C21H20N4O5. The van der Waals surface area contributed by atoms with Gasteiger partial charge in [-0.05, 0) is 57.2 Å². The van der Waals surface area contributed by atoms with Crippen LogP contribution in [-0.4, -0.2) is 33.0 Å². The Morgan fingerprint density at radius 2 is 1.80 bits per heavy atom. The zero-order chi connectivity index (χ0) is 21.8. The topological polar surface area (TPSA) is 120 Å². The molecule has 3 aromatic rings. The summed E-state index contributed by atoms with van der Waals surface area (Å²) in [7, 11) is 0. The number of non-ortho nitro benzene ring substituents is 1. The van der Waals surface area contributed by atoms with Crippen LogP contribution in [0, 0.1) is 17.0 Å². The number of benzene rings is 2. The minimum absolute atomic E-state index is 0.0562. The van der Waals surface area contributed by atoms with Crippen LogP contribution in [0.1, 0.15) is 35.5 Å². The standard InChI is InChI=1S/C21H20N4O5/c1-4-30-21(27)15-5-7-16(8-6-15)22-13(2)19-14(3)23-24(20(19)26)17-9-11-18(12-10-17)25(28)29/h5-12,23H,4H2,1-3H3. The van der Waals surface area contributed by atoms with Crippen molar-refractivity contribution in [2.24, 2.45) is 4.99 Å². The molecule has 0 aliphatic heterocycles. The number of aromatic amines is 1. The van der Waals surface area contributed by atoms with Crippen LogP contribution in [0.2, 0.25) is 0 Å². The van der Waals surface area contributed by atoms with E-state index in [1.807, 2.05) is 0 Å². The maximum atomic E-state index is 12.9. The summed E-state index contributed by atoms with van der Waals surface area (Å²) in [5.74, 6) is -0.405. The van der Waals surface area contributed by atoms with Gasteiger partial charge >= 0.3 is 5.97 Å². The van der Waals surface area contributed by atoms with E-state index < -0.39 is 10.9 Å². The quantitative estimate of drug-likeness (QED) is 0.289. The van der Waals surface area contributed by atoms with E-state index in [9.17, 15) is 19.7 Å². The van der Waals surface area contributed by atoms with Crippen LogP contribution in [0.15, 0.2) is 58.3 Å². The number of rotatable bonds is 6. The van der Waals surface area contributed by atoms with Crippen LogP contribution in [0.3, 0.4) is 0 Å². The molecule has 0 radical (unpaired) electrons. The molecule has 1 N–H and O–H groups in total. The van der Waals surface area contributed by atoms with E-state index in [-0.39, 0.29) is 11.2 Å². The summed E-state index contributed by atoms with van der Waals surface area (Å²) in [6.07, 6.45) is 0. The fourth-order valence-corrected chi connectivity index (χ4v) is 3.01. The van der Waals surface area contributed by atoms with Crippen LogP contribution >= 0.6 is 0 Å². The van der Waals surface area contributed by atoms with Gasteiger partial charge in [-0.1, -0.05) is 0 Å². The molecule has 0 unspecified atom stereocenters. The molecule has 0 saturated heterocycles. The molecule has 2 aromatic carbocycles. The Morgan fingerprint density at radius 1 is 1.17 bits per heavy atom. The first kappa shape index (κ1) is 20.7. The van der Waals surface area contributed by atoms with E-state index in [2.05, 4.69) is 10.1 Å². The van der Waals surface area contributed by atoms with Crippen LogP contribution in [0.25, 0.3) is 5.69 Å². The smallest absolute Gasteiger partial charge is 0.338 e. The number of carbonyl (C=O) groups is 1. The first-order chi connectivity index (χ1) is 14.3. The van der Waals surface area contributed by atoms with E-state index in [1.54, 1.807) is 45.0 Å². The predicted octanol–water partition coefficient (Wildman–Crippen LogP) is 3.70. The molecule has 1 heterocycles. The molecule has 3 rings (SSSR count). The zero-order valence-electron chi connectivity index (χ0n) is 16.7. The third-order valence-corrected chi connectivity index (χ3v) is 4.43. The Balaban J connectivity index is 1.91. The molecule has 0 bridgehead atoms. The normalized spacial score (nSPS) is 11.4. The predicted molar refractivity (Wildman–Crippen MR) is 112 cm³/mol. The highest BCUT2D eigenvalue weighted by Gasteiger charge is 2.16. The number of nitro benzene ring substituents is 1. The van der Waals surface area contributed by atoms with Crippen LogP contribution in [-0.2, 0) is 4.74 Å². The van der Waals surface area contributed by atoms with Crippen molar-refractivity contribution >= 4 is 23.1 Å². The number of ether oxygens (including phenoxy) is 1. The van der Waals surface area contributed by atoms with Crippen LogP contribution in [0.5, 0.6) is 0 Å². The van der Waals surface area contributed by atoms with Crippen molar-refractivity contribution in [2.75, 3.05) is 6.61 Å². The van der Waals surface area contributed by atoms with Crippen molar-refractivity contribution < 1.29 is 14.5 Å². The average molecular weight is 408 g/mol. The van der Waals surface area contributed by atoms with Gasteiger partial charge in [0, 0.05) is 17.8 Å². The maximum Gasteiger partial charge on any atom is 0.338 e. The van der Waals surface area contributed by atoms with Crippen molar-refractivity contribution in [3.8, 4) is 5.69 Å². The van der Waals surface area contributed by atoms with Gasteiger partial charge in [0.25, 0.3) is 11.2 Å². The molecule has 0 aliphatic carbocycles. The van der Waals surface area contributed by atoms with Gasteiger partial charge in [-0.3, -0.25) is 25.0 Å². The van der Waals surface area contributed by atoms with E-state index in [1.165, 1.54) is 28.9 Å². The summed E-state index contributed by atoms with van der Waals surface area (Å²) in [5, 5.41) is 13.8. The Kier molecular flexibility index (Phi) is 5.91. The highest BCUT2D eigenvalue weighted by atomic mass is 16.6. The Bertz CT molecular complexity index is 1170. The summed E-state index contributed by atoms with van der Waals surface area (Å²) in [4.78, 5) is 39.5. The van der Waals surface area contributed by atoms with Crippen molar-refractivity contribution in [1.82, 2.24) is 9.78 Å². The van der Waals surface area contributed by atoms with Gasteiger partial charge in [0.15, 0.2) is 0 Å². The summed E-state index contributed by atoms with van der Waals surface area (Å²) in [6, 6.07) is 12.2. The van der Waals surface area contributed by atoms with Crippen molar-refractivity contribution in [1.29, 1.82) is 0 Å². The lowest BCUT2D eigenvalue weighted by Crippen LogP contribution is -2.19. The largest absolute Gasteiger partial charge is 0.462 e. The second kappa shape index (κ2) is 8.56. The molecule has 0 amide bonds. The minimum Gasteiger partial charge on any atom is -0.462 e. The monoisotopic (exact) mass is 408 g/mol. The number of carbonyl (C=O) groups excluding carboxylic acids is 1. The summed E-state index contributed by atoms with van der Waals surface area (Å²) in [6.45, 7) is 5.51. The number of hydrogen-bond acceptors (Lipinski definition) is 6. The highest BCUT2D eigenvalue weighted by molar-refractivity contribution is 6.01. The number of aliphatic imine (C=N–C) groups is 1. The lowest BCUT2D eigenvalue weighted by molar-refractivity contribution is -0.384. The molecular weight excluding hydrogens is 388 g/mol. The first-order valence-electron chi connectivity index (χ1n) is 9.21. The van der Waals surface area contributed by atoms with Crippen molar-refractivity contribution in [3.05, 3.63) is 85.8 Å². The van der Waals surface area contributed by atoms with Gasteiger partial charge in [-0.25, -0.2) is 9.48 Å². The number of nitrogens with zero attached hydrogens (tertiary/aromatic N) is 3. The molecule has 9 heteroatoms. The van der Waals surface area contributed by atoms with Gasteiger partial charge in [0.05, 0.1) is 39.7 Å². The molecule has 0 spiro atoms. The second-order valence-electron chi connectivity index (χ2n) is 6.49. The number of nitrogens with one attached hydrogen (secondary N) is 1. The summed E-state index contributed by atoms with van der Waals surface area (Å²) in [5.41, 5.74) is 2.63. The van der Waals surface area contributed by atoms with E-state index in [0.717, 1.165) is 0 Å². The minimum atomic E-state index is -0.498. The van der Waals surface area contributed by atoms with E-state index >= 15 is 0 Å². The van der Waals surface area contributed by atoms with Gasteiger partial charge in [-0.15, -0.1) is 0 Å². The van der Waals surface area contributed by atoms with E-state index in [0.29, 0.717) is 40.5 Å². The fraction of sp³-hybridized carbons (Fsp3) is 0.190. The molecule has 0 aliphatic rings.